The van der Waals surface area contributed by atoms with Gasteiger partial charge in [0.1, 0.15) is 29.7 Å². The standard InChI is InChI=1S/C30H30ClFO4/c1-29(2)12-22(33)27-24(14-29)36-25-15-30(3,4)13-23(34)28(25)26(27)17-8-10-18(11-9-17)35-16-19-20(31)6-5-7-21(19)32/h5-11,26H,12-16H2,1-4H3. The first-order valence-corrected chi connectivity index (χ1v) is 12.7. The van der Waals surface area contributed by atoms with Crippen molar-refractivity contribution in [1.82, 2.24) is 0 Å². The zero-order valence-corrected chi connectivity index (χ0v) is 21.8. The summed E-state index contributed by atoms with van der Waals surface area (Å²) in [5.41, 5.74) is 1.95. The lowest BCUT2D eigenvalue weighted by Crippen LogP contribution is -2.37. The van der Waals surface area contributed by atoms with Crippen LogP contribution < -0.4 is 4.74 Å². The minimum atomic E-state index is -0.453. The van der Waals surface area contributed by atoms with Crippen LogP contribution in [0.1, 0.15) is 70.4 Å². The lowest BCUT2D eigenvalue weighted by Gasteiger charge is -2.42. The number of ketones is 2. The van der Waals surface area contributed by atoms with Crippen molar-refractivity contribution in [2.75, 3.05) is 0 Å². The second-order valence-corrected chi connectivity index (χ2v) is 12.1. The maximum atomic E-state index is 14.1. The highest BCUT2D eigenvalue weighted by Gasteiger charge is 2.47. The summed E-state index contributed by atoms with van der Waals surface area (Å²) in [6, 6.07) is 11.9. The number of Topliss-reactive ketones (excluding diaryl/α,β-unsaturated/α-hetero) is 2. The number of halogens is 2. The first-order valence-electron chi connectivity index (χ1n) is 12.3. The Kier molecular flexibility index (Phi) is 6.11. The third-order valence-electron chi connectivity index (χ3n) is 7.24. The van der Waals surface area contributed by atoms with Crippen LogP contribution in [-0.4, -0.2) is 11.6 Å². The van der Waals surface area contributed by atoms with Crippen molar-refractivity contribution in [2.24, 2.45) is 10.8 Å². The SMILES string of the molecule is CC1(C)CC(=O)C2=C(C1)OC1=C(C(=O)CC(C)(C)C1)C2c1ccc(OCc2c(F)cccc2Cl)cc1. The summed E-state index contributed by atoms with van der Waals surface area (Å²) in [6.45, 7) is 8.28. The fourth-order valence-electron chi connectivity index (χ4n) is 5.59. The zero-order chi connectivity index (χ0) is 25.8. The number of ether oxygens (including phenoxy) is 2. The molecule has 2 aromatic rings. The van der Waals surface area contributed by atoms with Crippen LogP contribution in [0, 0.1) is 16.6 Å². The molecule has 0 amide bonds. The summed E-state index contributed by atoms with van der Waals surface area (Å²) in [7, 11) is 0. The van der Waals surface area contributed by atoms with Crippen LogP contribution in [0.4, 0.5) is 4.39 Å². The quantitative estimate of drug-likeness (QED) is 0.430. The molecule has 0 aromatic heterocycles. The van der Waals surface area contributed by atoms with E-state index in [-0.39, 0.29) is 29.0 Å². The van der Waals surface area contributed by atoms with Gasteiger partial charge in [0.2, 0.25) is 0 Å². The molecule has 6 heteroatoms. The molecule has 0 N–H and O–H groups in total. The third-order valence-corrected chi connectivity index (χ3v) is 7.59. The van der Waals surface area contributed by atoms with E-state index < -0.39 is 11.7 Å². The Morgan fingerprint density at radius 3 is 1.97 bits per heavy atom. The maximum absolute atomic E-state index is 14.1. The average molecular weight is 509 g/mol. The molecule has 36 heavy (non-hydrogen) atoms. The van der Waals surface area contributed by atoms with Crippen LogP contribution >= 0.6 is 11.6 Å². The Balaban J connectivity index is 1.50. The number of hydrogen-bond acceptors (Lipinski definition) is 4. The highest BCUT2D eigenvalue weighted by Crippen LogP contribution is 2.53. The molecular formula is C30H30ClFO4. The number of carbonyl (C=O) groups is 2. The fourth-order valence-corrected chi connectivity index (χ4v) is 5.81. The van der Waals surface area contributed by atoms with Gasteiger partial charge in [0.25, 0.3) is 0 Å². The maximum Gasteiger partial charge on any atom is 0.163 e. The van der Waals surface area contributed by atoms with Crippen molar-refractivity contribution in [1.29, 1.82) is 0 Å². The van der Waals surface area contributed by atoms with Crippen LogP contribution in [0.5, 0.6) is 5.75 Å². The van der Waals surface area contributed by atoms with Crippen LogP contribution in [0.3, 0.4) is 0 Å². The van der Waals surface area contributed by atoms with Gasteiger partial charge in [-0.05, 0) is 40.7 Å². The Morgan fingerprint density at radius 1 is 0.889 bits per heavy atom. The van der Waals surface area contributed by atoms with Gasteiger partial charge in [-0.25, -0.2) is 4.39 Å². The summed E-state index contributed by atoms with van der Waals surface area (Å²) in [5, 5.41) is 0.310. The molecule has 1 heterocycles. The van der Waals surface area contributed by atoms with E-state index in [1.807, 2.05) is 12.1 Å². The Labute approximate surface area is 216 Å². The minimum Gasteiger partial charge on any atom is -0.489 e. The van der Waals surface area contributed by atoms with Crippen molar-refractivity contribution in [3.05, 3.63) is 87.1 Å². The molecule has 2 aliphatic carbocycles. The Hall–Kier alpha value is -2.92. The number of benzene rings is 2. The number of carbonyl (C=O) groups excluding carboxylic acids is 2. The van der Waals surface area contributed by atoms with E-state index in [2.05, 4.69) is 27.7 Å². The summed E-state index contributed by atoms with van der Waals surface area (Å²) < 4.78 is 26.2. The molecular weight excluding hydrogens is 479 g/mol. The predicted octanol–water partition coefficient (Wildman–Crippen LogP) is 7.46. The molecule has 0 fully saturated rings. The van der Waals surface area contributed by atoms with E-state index in [0.717, 1.165) is 5.56 Å². The topological polar surface area (TPSA) is 52.6 Å². The van der Waals surface area contributed by atoms with Crippen LogP contribution in [0.25, 0.3) is 0 Å². The van der Waals surface area contributed by atoms with E-state index in [9.17, 15) is 14.0 Å². The van der Waals surface area contributed by atoms with Gasteiger partial charge in [-0.1, -0.05) is 57.5 Å². The van der Waals surface area contributed by atoms with Gasteiger partial charge >= 0.3 is 0 Å². The molecule has 3 aliphatic rings. The Morgan fingerprint density at radius 2 is 1.44 bits per heavy atom. The van der Waals surface area contributed by atoms with E-state index in [1.54, 1.807) is 24.3 Å². The fraction of sp³-hybridized carbons (Fsp3) is 0.400. The molecule has 1 aliphatic heterocycles. The van der Waals surface area contributed by atoms with Crippen molar-refractivity contribution >= 4 is 23.2 Å². The highest BCUT2D eigenvalue weighted by atomic mass is 35.5. The molecule has 2 aromatic carbocycles. The van der Waals surface area contributed by atoms with E-state index in [4.69, 9.17) is 21.1 Å². The summed E-state index contributed by atoms with van der Waals surface area (Å²) >= 11 is 6.11. The molecule has 0 atom stereocenters. The minimum absolute atomic E-state index is 0.00609. The zero-order valence-electron chi connectivity index (χ0n) is 21.0. The van der Waals surface area contributed by atoms with E-state index in [1.165, 1.54) is 6.07 Å². The van der Waals surface area contributed by atoms with Gasteiger partial charge in [-0.2, -0.15) is 0 Å². The van der Waals surface area contributed by atoms with Gasteiger partial charge < -0.3 is 9.47 Å². The predicted molar refractivity (Wildman–Crippen MR) is 136 cm³/mol. The summed E-state index contributed by atoms with van der Waals surface area (Å²) in [5.74, 6) is 1.12. The monoisotopic (exact) mass is 508 g/mol. The van der Waals surface area contributed by atoms with Gasteiger partial charge in [-0.3, -0.25) is 9.59 Å². The van der Waals surface area contributed by atoms with Crippen LogP contribution in [0.15, 0.2) is 65.1 Å². The molecule has 0 saturated carbocycles. The largest absolute Gasteiger partial charge is 0.489 e. The van der Waals surface area contributed by atoms with Gasteiger partial charge in [0.15, 0.2) is 11.6 Å². The average Bonchev–Trinajstić information content (AvgIpc) is 2.76. The van der Waals surface area contributed by atoms with E-state index >= 15 is 0 Å². The first kappa shape index (κ1) is 24.8. The van der Waals surface area contributed by atoms with Gasteiger partial charge in [-0.15, -0.1) is 0 Å². The molecule has 0 radical (unpaired) electrons. The lowest BCUT2D eigenvalue weighted by molar-refractivity contribution is -0.120. The number of hydrogen-bond donors (Lipinski definition) is 0. The normalized spacial score (nSPS) is 21.2. The first-order chi connectivity index (χ1) is 16.9. The summed E-state index contributed by atoms with van der Waals surface area (Å²) in [6.07, 6.45) is 2.14. The van der Waals surface area contributed by atoms with E-state index in [0.29, 0.717) is 64.7 Å². The molecule has 0 saturated heterocycles. The third kappa shape index (κ3) is 4.61. The van der Waals surface area contributed by atoms with Crippen molar-refractivity contribution < 1.29 is 23.5 Å². The second kappa shape index (κ2) is 8.88. The molecule has 188 valence electrons. The molecule has 5 rings (SSSR count). The highest BCUT2D eigenvalue weighted by molar-refractivity contribution is 6.31. The lowest BCUT2D eigenvalue weighted by atomic mass is 9.65. The molecule has 0 spiro atoms. The molecule has 0 bridgehead atoms. The smallest absolute Gasteiger partial charge is 0.163 e. The molecule has 0 unspecified atom stereocenters. The number of allylic oxidation sites excluding steroid dienone is 4. The van der Waals surface area contributed by atoms with Crippen LogP contribution in [0.2, 0.25) is 5.02 Å². The summed E-state index contributed by atoms with van der Waals surface area (Å²) in [4.78, 5) is 26.8. The van der Waals surface area contributed by atoms with Crippen molar-refractivity contribution in [2.45, 2.75) is 65.9 Å². The molecule has 4 nitrogen and oxygen atoms in total. The van der Waals surface area contributed by atoms with Gasteiger partial charge in [0, 0.05) is 48.3 Å². The van der Waals surface area contributed by atoms with Crippen molar-refractivity contribution in [3.63, 3.8) is 0 Å². The van der Waals surface area contributed by atoms with Crippen LogP contribution in [-0.2, 0) is 20.9 Å². The second-order valence-electron chi connectivity index (χ2n) is 11.6. The Bertz CT molecular complexity index is 1240. The van der Waals surface area contributed by atoms with Gasteiger partial charge in [0.05, 0.1) is 5.02 Å². The number of rotatable bonds is 4. The van der Waals surface area contributed by atoms with Crippen molar-refractivity contribution in [3.8, 4) is 5.75 Å².